The number of carbonyl (C=O) groups excluding carboxylic acids is 1. The van der Waals surface area contributed by atoms with E-state index in [1.165, 1.54) is 11.5 Å². The second kappa shape index (κ2) is 4.41. The Bertz CT molecular complexity index is 509. The zero-order valence-corrected chi connectivity index (χ0v) is 10.9. The zero-order chi connectivity index (χ0) is 12.5. The standard InChI is InChI=1S/C12H14N2O2S/c1-12(2,3)11-10(17-14-13-11)9(15)6-8-4-5-16-7-8/h4-5,7H,6H2,1-3H3. The Hall–Kier alpha value is -1.49. The first-order chi connectivity index (χ1) is 7.98. The van der Waals surface area contributed by atoms with Gasteiger partial charge in [0.15, 0.2) is 5.78 Å². The molecule has 0 fully saturated rings. The maximum Gasteiger partial charge on any atom is 0.180 e. The third kappa shape index (κ3) is 2.61. The smallest absolute Gasteiger partial charge is 0.180 e. The van der Waals surface area contributed by atoms with Crippen LogP contribution in [0.15, 0.2) is 23.0 Å². The van der Waals surface area contributed by atoms with Gasteiger partial charge in [0.1, 0.15) is 4.88 Å². The van der Waals surface area contributed by atoms with Crippen LogP contribution < -0.4 is 0 Å². The third-order valence-corrected chi connectivity index (χ3v) is 3.16. The van der Waals surface area contributed by atoms with Crippen molar-refractivity contribution >= 4 is 17.3 Å². The lowest BCUT2D eigenvalue weighted by Crippen LogP contribution is -2.17. The largest absolute Gasteiger partial charge is 0.472 e. The monoisotopic (exact) mass is 250 g/mol. The highest BCUT2D eigenvalue weighted by Crippen LogP contribution is 2.26. The van der Waals surface area contributed by atoms with Gasteiger partial charge < -0.3 is 4.42 Å². The predicted molar refractivity (Wildman–Crippen MR) is 65.4 cm³/mol. The van der Waals surface area contributed by atoms with Crippen molar-refractivity contribution in [2.24, 2.45) is 0 Å². The minimum absolute atomic E-state index is 0.0475. The Morgan fingerprint density at radius 2 is 2.24 bits per heavy atom. The first kappa shape index (κ1) is 12.0. The Labute approximate surface area is 104 Å². The average molecular weight is 250 g/mol. The van der Waals surface area contributed by atoms with Gasteiger partial charge in [0.2, 0.25) is 0 Å². The Kier molecular flexibility index (Phi) is 3.11. The summed E-state index contributed by atoms with van der Waals surface area (Å²) >= 11 is 1.17. The zero-order valence-electron chi connectivity index (χ0n) is 10.1. The maximum atomic E-state index is 12.1. The molecule has 0 aliphatic heterocycles. The molecule has 4 nitrogen and oxygen atoms in total. The van der Waals surface area contributed by atoms with Crippen molar-refractivity contribution in [2.45, 2.75) is 32.6 Å². The van der Waals surface area contributed by atoms with Crippen LogP contribution in [0.5, 0.6) is 0 Å². The maximum absolute atomic E-state index is 12.1. The fraction of sp³-hybridized carbons (Fsp3) is 0.417. The molecule has 0 saturated heterocycles. The van der Waals surface area contributed by atoms with Gasteiger partial charge in [-0.1, -0.05) is 25.3 Å². The van der Waals surface area contributed by atoms with E-state index in [9.17, 15) is 4.79 Å². The van der Waals surface area contributed by atoms with Gasteiger partial charge in [0.05, 0.1) is 18.2 Å². The minimum atomic E-state index is -0.158. The van der Waals surface area contributed by atoms with Gasteiger partial charge in [-0.15, -0.1) is 5.10 Å². The molecule has 0 amide bonds. The van der Waals surface area contributed by atoms with Gasteiger partial charge in [-0.2, -0.15) is 0 Å². The summed E-state index contributed by atoms with van der Waals surface area (Å²) in [5.41, 5.74) is 1.49. The first-order valence-electron chi connectivity index (χ1n) is 5.35. The van der Waals surface area contributed by atoms with Crippen LogP contribution in [0.4, 0.5) is 0 Å². The number of nitrogens with zero attached hydrogens (tertiary/aromatic N) is 2. The van der Waals surface area contributed by atoms with E-state index in [1.54, 1.807) is 18.6 Å². The number of ketones is 1. The van der Waals surface area contributed by atoms with Crippen LogP contribution in [-0.2, 0) is 11.8 Å². The van der Waals surface area contributed by atoms with Crippen LogP contribution in [0.3, 0.4) is 0 Å². The van der Waals surface area contributed by atoms with Crippen molar-refractivity contribution in [1.82, 2.24) is 9.59 Å². The number of hydrogen-bond donors (Lipinski definition) is 0. The SMILES string of the molecule is CC(C)(C)c1nnsc1C(=O)Cc1ccoc1. The summed E-state index contributed by atoms with van der Waals surface area (Å²) in [6, 6.07) is 1.79. The number of carbonyl (C=O) groups is 1. The molecular weight excluding hydrogens is 236 g/mol. The summed E-state index contributed by atoms with van der Waals surface area (Å²) in [6.07, 6.45) is 3.49. The molecule has 0 spiro atoms. The van der Waals surface area contributed by atoms with Gasteiger partial charge in [0, 0.05) is 11.8 Å². The average Bonchev–Trinajstić information content (AvgIpc) is 2.85. The molecule has 0 radical (unpaired) electrons. The summed E-state index contributed by atoms with van der Waals surface area (Å²) in [7, 11) is 0. The minimum Gasteiger partial charge on any atom is -0.472 e. The molecule has 2 aromatic rings. The van der Waals surface area contributed by atoms with E-state index in [-0.39, 0.29) is 11.2 Å². The van der Waals surface area contributed by atoms with Crippen LogP contribution in [0.2, 0.25) is 0 Å². The Balaban J connectivity index is 2.23. The molecule has 0 bridgehead atoms. The lowest BCUT2D eigenvalue weighted by atomic mass is 9.90. The molecule has 2 rings (SSSR count). The predicted octanol–water partition coefficient (Wildman–Crippen LogP) is 2.85. The molecule has 0 aliphatic carbocycles. The fourth-order valence-electron chi connectivity index (χ4n) is 1.52. The molecule has 0 aromatic carbocycles. The van der Waals surface area contributed by atoms with Crippen LogP contribution in [0.25, 0.3) is 0 Å². The summed E-state index contributed by atoms with van der Waals surface area (Å²) in [6.45, 7) is 6.08. The number of rotatable bonds is 3. The lowest BCUT2D eigenvalue weighted by molar-refractivity contribution is 0.0994. The van der Waals surface area contributed by atoms with Crippen LogP contribution in [-0.4, -0.2) is 15.4 Å². The molecule has 0 saturated carbocycles. The van der Waals surface area contributed by atoms with Crippen LogP contribution in [0.1, 0.15) is 41.7 Å². The quantitative estimate of drug-likeness (QED) is 0.786. The van der Waals surface area contributed by atoms with Crippen molar-refractivity contribution in [3.8, 4) is 0 Å². The molecule has 2 heterocycles. The van der Waals surface area contributed by atoms with Crippen molar-refractivity contribution < 1.29 is 9.21 Å². The number of Topliss-reactive ketones (excluding diaryl/α,β-unsaturated/α-hetero) is 1. The molecule has 90 valence electrons. The number of hydrogen-bond acceptors (Lipinski definition) is 5. The molecular formula is C12H14N2O2S. The summed E-state index contributed by atoms with van der Waals surface area (Å²) in [5, 5.41) is 4.06. The summed E-state index contributed by atoms with van der Waals surface area (Å²) < 4.78 is 8.84. The Morgan fingerprint density at radius 1 is 1.47 bits per heavy atom. The van der Waals surface area contributed by atoms with E-state index in [4.69, 9.17) is 4.42 Å². The van der Waals surface area contributed by atoms with E-state index >= 15 is 0 Å². The van der Waals surface area contributed by atoms with Gasteiger partial charge >= 0.3 is 0 Å². The van der Waals surface area contributed by atoms with Crippen molar-refractivity contribution in [3.63, 3.8) is 0 Å². The molecule has 2 aromatic heterocycles. The molecule has 17 heavy (non-hydrogen) atoms. The highest BCUT2D eigenvalue weighted by atomic mass is 32.1. The number of aromatic nitrogens is 2. The van der Waals surface area contributed by atoms with Gasteiger partial charge in [-0.25, -0.2) is 0 Å². The second-order valence-electron chi connectivity index (χ2n) is 4.93. The molecule has 0 atom stereocenters. The fourth-order valence-corrected chi connectivity index (χ4v) is 2.33. The van der Waals surface area contributed by atoms with Crippen molar-refractivity contribution in [3.05, 3.63) is 34.7 Å². The van der Waals surface area contributed by atoms with Crippen LogP contribution >= 0.6 is 11.5 Å². The molecule has 5 heteroatoms. The van der Waals surface area contributed by atoms with Crippen LogP contribution in [0, 0.1) is 0 Å². The highest BCUT2D eigenvalue weighted by molar-refractivity contribution is 7.08. The summed E-state index contributed by atoms with van der Waals surface area (Å²) in [4.78, 5) is 12.8. The van der Waals surface area contributed by atoms with E-state index in [0.29, 0.717) is 11.3 Å². The van der Waals surface area contributed by atoms with E-state index < -0.39 is 0 Å². The molecule has 0 N–H and O–H groups in total. The Morgan fingerprint density at radius 3 is 2.82 bits per heavy atom. The first-order valence-corrected chi connectivity index (χ1v) is 6.13. The van der Waals surface area contributed by atoms with Gasteiger partial charge in [-0.3, -0.25) is 4.79 Å². The lowest BCUT2D eigenvalue weighted by Gasteiger charge is -2.15. The summed E-state index contributed by atoms with van der Waals surface area (Å²) in [5.74, 6) is 0.0475. The van der Waals surface area contributed by atoms with Gasteiger partial charge in [0.25, 0.3) is 0 Å². The highest BCUT2D eigenvalue weighted by Gasteiger charge is 2.26. The second-order valence-corrected chi connectivity index (χ2v) is 5.69. The number of furan rings is 1. The van der Waals surface area contributed by atoms with E-state index in [1.807, 2.05) is 20.8 Å². The molecule has 0 aliphatic rings. The topological polar surface area (TPSA) is 56.0 Å². The third-order valence-electron chi connectivity index (χ3n) is 2.40. The van der Waals surface area contributed by atoms with Gasteiger partial charge in [-0.05, 0) is 23.2 Å². The van der Waals surface area contributed by atoms with E-state index in [2.05, 4.69) is 9.59 Å². The van der Waals surface area contributed by atoms with Crippen molar-refractivity contribution in [1.29, 1.82) is 0 Å². The normalized spacial score (nSPS) is 11.7. The van der Waals surface area contributed by atoms with Crippen molar-refractivity contribution in [2.75, 3.05) is 0 Å². The molecule has 0 unspecified atom stereocenters. The van der Waals surface area contributed by atoms with E-state index in [0.717, 1.165) is 11.3 Å².